The van der Waals surface area contributed by atoms with Gasteiger partial charge in [-0.2, -0.15) is 0 Å². The van der Waals surface area contributed by atoms with E-state index < -0.39 is 0 Å². The van der Waals surface area contributed by atoms with Crippen LogP contribution in [0, 0.1) is 6.92 Å². The molecule has 0 saturated carbocycles. The van der Waals surface area contributed by atoms with Crippen LogP contribution in [0.25, 0.3) is 0 Å². The first-order valence-electron chi connectivity index (χ1n) is 11.2. The molecule has 1 unspecified atom stereocenters. The lowest BCUT2D eigenvalue weighted by Crippen LogP contribution is -2.40. The van der Waals surface area contributed by atoms with Crippen LogP contribution in [0.1, 0.15) is 28.8 Å². The highest BCUT2D eigenvalue weighted by Crippen LogP contribution is 2.24. The largest absolute Gasteiger partial charge is 0.492 e. The predicted molar refractivity (Wildman–Crippen MR) is 121 cm³/mol. The summed E-state index contributed by atoms with van der Waals surface area (Å²) in [7, 11) is 0. The molecular weight excluding hydrogens is 392 g/mol. The van der Waals surface area contributed by atoms with Crippen LogP contribution < -0.4 is 9.64 Å². The zero-order chi connectivity index (χ0) is 21.5. The SMILES string of the molecule is Cc1cc(C(=O)N(CCOc2ccccc2)CC2CCCO2)ccc1N1CCOCC1. The van der Waals surface area contributed by atoms with Gasteiger partial charge in [0.2, 0.25) is 0 Å². The van der Waals surface area contributed by atoms with E-state index in [2.05, 4.69) is 17.9 Å². The molecule has 0 radical (unpaired) electrons. The Morgan fingerprint density at radius 2 is 1.94 bits per heavy atom. The molecule has 0 bridgehead atoms. The molecule has 2 saturated heterocycles. The summed E-state index contributed by atoms with van der Waals surface area (Å²) < 4.78 is 17.1. The number of hydrogen-bond acceptors (Lipinski definition) is 5. The number of anilines is 1. The molecule has 0 N–H and O–H groups in total. The Balaban J connectivity index is 1.44. The highest BCUT2D eigenvalue weighted by molar-refractivity contribution is 5.95. The molecule has 0 aliphatic carbocycles. The molecule has 6 heteroatoms. The summed E-state index contributed by atoms with van der Waals surface area (Å²) in [5.41, 5.74) is 3.01. The molecule has 1 atom stereocenters. The van der Waals surface area contributed by atoms with Gasteiger partial charge in [-0.15, -0.1) is 0 Å². The molecule has 2 aliphatic heterocycles. The number of carbonyl (C=O) groups excluding carboxylic acids is 1. The molecule has 6 nitrogen and oxygen atoms in total. The van der Waals surface area contributed by atoms with E-state index in [1.807, 2.05) is 47.4 Å². The van der Waals surface area contributed by atoms with Gasteiger partial charge in [-0.25, -0.2) is 0 Å². The molecule has 0 aromatic heterocycles. The molecule has 1 amide bonds. The average Bonchev–Trinajstić information content (AvgIpc) is 3.32. The van der Waals surface area contributed by atoms with Crippen molar-refractivity contribution in [2.45, 2.75) is 25.9 Å². The average molecular weight is 425 g/mol. The smallest absolute Gasteiger partial charge is 0.254 e. The number of ether oxygens (including phenoxy) is 3. The van der Waals surface area contributed by atoms with Gasteiger partial charge in [0.25, 0.3) is 5.91 Å². The monoisotopic (exact) mass is 424 g/mol. The van der Waals surface area contributed by atoms with Gasteiger partial charge in [-0.3, -0.25) is 4.79 Å². The quantitative estimate of drug-likeness (QED) is 0.649. The highest BCUT2D eigenvalue weighted by Gasteiger charge is 2.24. The zero-order valence-electron chi connectivity index (χ0n) is 18.3. The number of hydrogen-bond donors (Lipinski definition) is 0. The Labute approximate surface area is 184 Å². The maximum atomic E-state index is 13.4. The third kappa shape index (κ3) is 5.77. The van der Waals surface area contributed by atoms with Crippen LogP contribution in [0.15, 0.2) is 48.5 Å². The number of aryl methyl sites for hydroxylation is 1. The molecule has 2 fully saturated rings. The van der Waals surface area contributed by atoms with Crippen molar-refractivity contribution in [3.05, 3.63) is 59.7 Å². The van der Waals surface area contributed by atoms with Gasteiger partial charge in [0.05, 0.1) is 25.9 Å². The van der Waals surface area contributed by atoms with Crippen LogP contribution >= 0.6 is 0 Å². The number of benzene rings is 2. The summed E-state index contributed by atoms with van der Waals surface area (Å²) >= 11 is 0. The standard InChI is InChI=1S/C25H32N2O4/c1-20-18-21(9-10-24(20)26-11-15-29-16-12-26)25(28)27(19-23-8-5-14-30-23)13-17-31-22-6-3-2-4-7-22/h2-4,6-7,9-10,18,23H,5,8,11-17,19H2,1H3. The van der Waals surface area contributed by atoms with E-state index in [0.717, 1.165) is 57.1 Å². The van der Waals surface area contributed by atoms with E-state index in [4.69, 9.17) is 14.2 Å². The number of para-hydroxylation sites is 1. The fourth-order valence-electron chi connectivity index (χ4n) is 4.23. The van der Waals surface area contributed by atoms with E-state index in [1.165, 1.54) is 5.69 Å². The van der Waals surface area contributed by atoms with Gasteiger partial charge in [-0.1, -0.05) is 18.2 Å². The fraction of sp³-hybridized carbons (Fsp3) is 0.480. The third-order valence-corrected chi connectivity index (χ3v) is 5.90. The predicted octanol–water partition coefficient (Wildman–Crippen LogP) is 3.53. The van der Waals surface area contributed by atoms with Crippen molar-refractivity contribution in [2.24, 2.45) is 0 Å². The summed E-state index contributed by atoms with van der Waals surface area (Å²) in [4.78, 5) is 17.6. The van der Waals surface area contributed by atoms with Crippen molar-refractivity contribution in [3.8, 4) is 5.75 Å². The molecule has 2 aliphatic rings. The van der Waals surface area contributed by atoms with Crippen LogP contribution in [0.5, 0.6) is 5.75 Å². The van der Waals surface area contributed by atoms with Crippen LogP contribution in [-0.2, 0) is 9.47 Å². The van der Waals surface area contributed by atoms with Crippen molar-refractivity contribution in [3.63, 3.8) is 0 Å². The van der Waals surface area contributed by atoms with Gasteiger partial charge in [-0.05, 0) is 55.7 Å². The fourth-order valence-corrected chi connectivity index (χ4v) is 4.23. The third-order valence-electron chi connectivity index (χ3n) is 5.90. The molecule has 31 heavy (non-hydrogen) atoms. The number of nitrogens with zero attached hydrogens (tertiary/aromatic N) is 2. The van der Waals surface area contributed by atoms with Gasteiger partial charge < -0.3 is 24.0 Å². The Hall–Kier alpha value is -2.57. The minimum Gasteiger partial charge on any atom is -0.492 e. The topological polar surface area (TPSA) is 51.2 Å². The Morgan fingerprint density at radius 3 is 2.65 bits per heavy atom. The van der Waals surface area contributed by atoms with E-state index in [9.17, 15) is 4.79 Å². The molecule has 2 heterocycles. The van der Waals surface area contributed by atoms with Crippen molar-refractivity contribution < 1.29 is 19.0 Å². The van der Waals surface area contributed by atoms with Gasteiger partial charge in [0.1, 0.15) is 12.4 Å². The minimum absolute atomic E-state index is 0.0313. The Kier molecular flexibility index (Phi) is 7.43. The first kappa shape index (κ1) is 21.7. The lowest BCUT2D eigenvalue weighted by Gasteiger charge is -2.30. The normalized spacial score (nSPS) is 18.7. The Bertz CT molecular complexity index is 846. The van der Waals surface area contributed by atoms with E-state index in [1.54, 1.807) is 0 Å². The maximum Gasteiger partial charge on any atom is 0.254 e. The van der Waals surface area contributed by atoms with E-state index >= 15 is 0 Å². The van der Waals surface area contributed by atoms with E-state index in [-0.39, 0.29) is 12.0 Å². The first-order valence-corrected chi connectivity index (χ1v) is 11.2. The van der Waals surface area contributed by atoms with Crippen LogP contribution in [0.3, 0.4) is 0 Å². The minimum atomic E-state index is 0.0313. The molecule has 4 rings (SSSR count). The van der Waals surface area contributed by atoms with Gasteiger partial charge in [0, 0.05) is 37.5 Å². The second-order valence-corrected chi connectivity index (χ2v) is 8.15. The lowest BCUT2D eigenvalue weighted by atomic mass is 10.1. The molecule has 0 spiro atoms. The maximum absolute atomic E-state index is 13.4. The second kappa shape index (κ2) is 10.6. The summed E-state index contributed by atoms with van der Waals surface area (Å²) in [5, 5.41) is 0. The molecule has 2 aromatic rings. The summed E-state index contributed by atoms with van der Waals surface area (Å²) in [6.45, 7) is 7.69. The van der Waals surface area contributed by atoms with Gasteiger partial charge >= 0.3 is 0 Å². The number of amides is 1. The van der Waals surface area contributed by atoms with Crippen LogP contribution in [0.4, 0.5) is 5.69 Å². The second-order valence-electron chi connectivity index (χ2n) is 8.15. The summed E-state index contributed by atoms with van der Waals surface area (Å²) in [6, 6.07) is 15.7. The van der Waals surface area contributed by atoms with Crippen molar-refractivity contribution in [1.82, 2.24) is 4.90 Å². The number of morpholine rings is 1. The van der Waals surface area contributed by atoms with Gasteiger partial charge in [0.15, 0.2) is 0 Å². The lowest BCUT2D eigenvalue weighted by molar-refractivity contribution is 0.0493. The summed E-state index contributed by atoms with van der Waals surface area (Å²) in [5.74, 6) is 0.849. The zero-order valence-corrected chi connectivity index (χ0v) is 18.3. The molecule has 2 aromatic carbocycles. The number of carbonyl (C=O) groups is 1. The summed E-state index contributed by atoms with van der Waals surface area (Å²) in [6.07, 6.45) is 2.16. The van der Waals surface area contributed by atoms with Crippen molar-refractivity contribution in [1.29, 1.82) is 0 Å². The van der Waals surface area contributed by atoms with Crippen molar-refractivity contribution >= 4 is 11.6 Å². The molecule has 166 valence electrons. The molecular formula is C25H32N2O4. The van der Waals surface area contributed by atoms with Crippen LogP contribution in [0.2, 0.25) is 0 Å². The van der Waals surface area contributed by atoms with E-state index in [0.29, 0.717) is 25.3 Å². The van der Waals surface area contributed by atoms with Crippen LogP contribution in [-0.4, -0.2) is 69.5 Å². The Morgan fingerprint density at radius 1 is 1.13 bits per heavy atom. The highest BCUT2D eigenvalue weighted by atomic mass is 16.5. The number of rotatable bonds is 8. The first-order chi connectivity index (χ1) is 15.2. The van der Waals surface area contributed by atoms with Crippen molar-refractivity contribution in [2.75, 3.05) is 57.5 Å².